The maximum absolute atomic E-state index is 5.70. The van der Waals surface area contributed by atoms with Gasteiger partial charge in [-0.2, -0.15) is 0 Å². The van der Waals surface area contributed by atoms with Crippen molar-refractivity contribution in [3.8, 4) is 0 Å². The van der Waals surface area contributed by atoms with Gasteiger partial charge >= 0.3 is 0 Å². The molecule has 21 heavy (non-hydrogen) atoms. The molecule has 0 fully saturated rings. The van der Waals surface area contributed by atoms with E-state index in [9.17, 15) is 0 Å². The number of thiazole rings is 1. The van der Waals surface area contributed by atoms with Crippen LogP contribution in [0.5, 0.6) is 0 Å². The molecule has 1 aromatic carbocycles. The zero-order chi connectivity index (χ0) is 14.7. The smallest absolute Gasteiger partial charge is 0.257 e. The lowest BCUT2D eigenvalue weighted by Crippen LogP contribution is -1.92. The fourth-order valence-corrected chi connectivity index (χ4v) is 3.64. The van der Waals surface area contributed by atoms with E-state index in [4.69, 9.17) is 4.42 Å². The van der Waals surface area contributed by atoms with Crippen molar-refractivity contribution in [2.24, 2.45) is 5.92 Å². The Morgan fingerprint density at radius 3 is 2.90 bits per heavy atom. The number of nitrogens with zero attached hydrogens (tertiary/aromatic N) is 2. The van der Waals surface area contributed by atoms with Crippen LogP contribution in [0.4, 0.5) is 0 Å². The first-order valence-electron chi connectivity index (χ1n) is 7.12. The van der Waals surface area contributed by atoms with E-state index in [1.165, 1.54) is 11.4 Å². The van der Waals surface area contributed by atoms with Gasteiger partial charge in [-0.1, -0.05) is 37.7 Å². The number of oxazole rings is 1. The molecule has 0 bridgehead atoms. The fraction of sp³-hybridized carbons (Fsp3) is 0.375. The maximum atomic E-state index is 5.70. The van der Waals surface area contributed by atoms with Crippen LogP contribution in [0.3, 0.4) is 0 Å². The fourth-order valence-electron chi connectivity index (χ4n) is 1.99. The predicted molar refractivity (Wildman–Crippen MR) is 88.8 cm³/mol. The predicted octanol–water partition coefficient (Wildman–Crippen LogP) is 5.17. The number of para-hydroxylation sites is 2. The van der Waals surface area contributed by atoms with Crippen LogP contribution in [0.2, 0.25) is 0 Å². The van der Waals surface area contributed by atoms with E-state index >= 15 is 0 Å². The van der Waals surface area contributed by atoms with Gasteiger partial charge in [0.05, 0.1) is 10.7 Å². The number of fused-ring (bicyclic) bond motifs is 1. The van der Waals surface area contributed by atoms with Gasteiger partial charge in [0.15, 0.2) is 5.58 Å². The van der Waals surface area contributed by atoms with Crippen molar-refractivity contribution >= 4 is 34.2 Å². The molecule has 5 heteroatoms. The first-order valence-corrected chi connectivity index (χ1v) is 8.99. The quantitative estimate of drug-likeness (QED) is 0.588. The summed E-state index contributed by atoms with van der Waals surface area (Å²) in [4.78, 5) is 9.15. The third-order valence-electron chi connectivity index (χ3n) is 3.15. The van der Waals surface area contributed by atoms with E-state index < -0.39 is 0 Å². The number of aromatic nitrogens is 2. The third-order valence-corrected chi connectivity index (χ3v) is 4.97. The van der Waals surface area contributed by atoms with Gasteiger partial charge in [-0.25, -0.2) is 9.97 Å². The van der Waals surface area contributed by atoms with Crippen molar-refractivity contribution in [1.82, 2.24) is 9.97 Å². The van der Waals surface area contributed by atoms with Gasteiger partial charge in [-0.05, 0) is 30.9 Å². The van der Waals surface area contributed by atoms with Crippen LogP contribution in [-0.4, -0.2) is 9.97 Å². The zero-order valence-electron chi connectivity index (χ0n) is 12.2. The van der Waals surface area contributed by atoms with Crippen molar-refractivity contribution in [3.63, 3.8) is 0 Å². The average Bonchev–Trinajstić information content (AvgIpc) is 3.09. The van der Waals surface area contributed by atoms with Crippen LogP contribution >= 0.6 is 23.1 Å². The van der Waals surface area contributed by atoms with Crippen molar-refractivity contribution < 1.29 is 4.42 Å². The molecule has 0 atom stereocenters. The minimum absolute atomic E-state index is 0.716. The molecule has 0 saturated carbocycles. The van der Waals surface area contributed by atoms with E-state index in [0.717, 1.165) is 34.9 Å². The molecular weight excluding hydrogens is 300 g/mol. The van der Waals surface area contributed by atoms with Gasteiger partial charge in [-0.3, -0.25) is 0 Å². The highest BCUT2D eigenvalue weighted by Gasteiger charge is 2.08. The van der Waals surface area contributed by atoms with E-state index in [1.54, 1.807) is 23.1 Å². The largest absolute Gasteiger partial charge is 0.431 e. The monoisotopic (exact) mass is 318 g/mol. The molecule has 2 heterocycles. The molecule has 0 spiro atoms. The van der Waals surface area contributed by atoms with Gasteiger partial charge < -0.3 is 4.42 Å². The topological polar surface area (TPSA) is 38.9 Å². The van der Waals surface area contributed by atoms with Gasteiger partial charge in [0.25, 0.3) is 5.22 Å². The molecule has 0 unspecified atom stereocenters. The molecule has 0 radical (unpaired) electrons. The molecule has 3 rings (SSSR count). The summed E-state index contributed by atoms with van der Waals surface area (Å²) in [6.07, 6.45) is 2.28. The molecule has 110 valence electrons. The summed E-state index contributed by atoms with van der Waals surface area (Å²) in [5.41, 5.74) is 2.87. The molecule has 2 aromatic heterocycles. The van der Waals surface area contributed by atoms with Crippen LogP contribution in [-0.2, 0) is 12.2 Å². The molecule has 3 nitrogen and oxygen atoms in total. The number of aryl methyl sites for hydroxylation is 1. The Balaban J connectivity index is 1.59. The van der Waals surface area contributed by atoms with Gasteiger partial charge in [0.1, 0.15) is 5.52 Å². The molecule has 0 saturated heterocycles. The second kappa shape index (κ2) is 6.62. The van der Waals surface area contributed by atoms with E-state index in [0.29, 0.717) is 5.22 Å². The summed E-state index contributed by atoms with van der Waals surface area (Å²) in [5.74, 6) is 1.54. The van der Waals surface area contributed by atoms with E-state index in [1.807, 2.05) is 24.3 Å². The normalized spacial score (nSPS) is 11.6. The Kier molecular flexibility index (Phi) is 4.60. The van der Waals surface area contributed by atoms with Gasteiger partial charge in [-0.15, -0.1) is 11.3 Å². The summed E-state index contributed by atoms with van der Waals surface area (Å²) in [5, 5.41) is 4.09. The number of hydrogen-bond donors (Lipinski definition) is 0. The third kappa shape index (κ3) is 3.86. The Hall–Kier alpha value is -1.33. The highest BCUT2D eigenvalue weighted by Crippen LogP contribution is 2.26. The summed E-state index contributed by atoms with van der Waals surface area (Å²) in [7, 11) is 0. The highest BCUT2D eigenvalue weighted by molar-refractivity contribution is 7.98. The lowest BCUT2D eigenvalue weighted by Gasteiger charge is -2.00. The lowest BCUT2D eigenvalue weighted by molar-refractivity contribution is 0.489. The van der Waals surface area contributed by atoms with Crippen LogP contribution in [0.25, 0.3) is 11.1 Å². The minimum atomic E-state index is 0.716. The second-order valence-corrected chi connectivity index (χ2v) is 7.27. The van der Waals surface area contributed by atoms with Crippen molar-refractivity contribution in [3.05, 3.63) is 40.3 Å². The van der Waals surface area contributed by atoms with Crippen LogP contribution in [0, 0.1) is 5.92 Å². The molecule has 0 amide bonds. The highest BCUT2D eigenvalue weighted by atomic mass is 32.2. The van der Waals surface area contributed by atoms with E-state index in [-0.39, 0.29) is 0 Å². The summed E-state index contributed by atoms with van der Waals surface area (Å²) in [6.45, 7) is 4.50. The van der Waals surface area contributed by atoms with Gasteiger partial charge in [0.2, 0.25) is 0 Å². The number of hydrogen-bond acceptors (Lipinski definition) is 5. The molecule has 0 N–H and O–H groups in total. The molecule has 0 aliphatic heterocycles. The maximum Gasteiger partial charge on any atom is 0.257 e. The SMILES string of the molecule is CC(C)CCc1nc(CSc2nc3ccccc3o2)cs1. The Morgan fingerprint density at radius 1 is 1.24 bits per heavy atom. The second-order valence-electron chi connectivity index (χ2n) is 5.40. The standard InChI is InChI=1S/C16H18N2OS2/c1-11(2)7-8-15-17-12(9-20-15)10-21-16-18-13-5-3-4-6-14(13)19-16/h3-6,9,11H,7-8,10H2,1-2H3. The zero-order valence-corrected chi connectivity index (χ0v) is 13.8. The lowest BCUT2D eigenvalue weighted by atomic mass is 10.1. The van der Waals surface area contributed by atoms with Crippen molar-refractivity contribution in [1.29, 1.82) is 0 Å². The average molecular weight is 318 g/mol. The first-order chi connectivity index (χ1) is 10.2. The molecular formula is C16H18N2OS2. The molecule has 0 aliphatic carbocycles. The summed E-state index contributed by atoms with van der Waals surface area (Å²) < 4.78 is 5.70. The van der Waals surface area contributed by atoms with Crippen LogP contribution in [0.1, 0.15) is 31.0 Å². The Bertz CT molecular complexity index is 685. The van der Waals surface area contributed by atoms with Crippen LogP contribution in [0.15, 0.2) is 39.3 Å². The molecule has 0 aliphatic rings. The van der Waals surface area contributed by atoms with Gasteiger partial charge in [0, 0.05) is 11.1 Å². The number of rotatable bonds is 6. The van der Waals surface area contributed by atoms with Crippen molar-refractivity contribution in [2.45, 2.75) is 37.7 Å². The Labute approximate surface area is 132 Å². The summed E-state index contributed by atoms with van der Waals surface area (Å²) >= 11 is 3.36. The minimum Gasteiger partial charge on any atom is -0.431 e. The Morgan fingerprint density at radius 2 is 2.10 bits per heavy atom. The summed E-state index contributed by atoms with van der Waals surface area (Å²) in [6, 6.07) is 7.85. The number of benzene rings is 1. The molecule has 3 aromatic rings. The van der Waals surface area contributed by atoms with Crippen LogP contribution < -0.4 is 0 Å². The van der Waals surface area contributed by atoms with E-state index in [2.05, 4.69) is 29.2 Å². The van der Waals surface area contributed by atoms with Crippen molar-refractivity contribution in [2.75, 3.05) is 0 Å². The number of thioether (sulfide) groups is 1. The first kappa shape index (κ1) is 14.6.